The van der Waals surface area contributed by atoms with E-state index in [1.165, 1.54) is 7.05 Å². The zero-order valence-electron chi connectivity index (χ0n) is 9.30. The maximum absolute atomic E-state index is 13.2. The van der Waals surface area contributed by atoms with Gasteiger partial charge in [-0.2, -0.15) is 0 Å². The van der Waals surface area contributed by atoms with Crippen LogP contribution in [-0.2, 0) is 4.79 Å². The Morgan fingerprint density at radius 1 is 1.59 bits per heavy atom. The Hall–Kier alpha value is -1.51. The van der Waals surface area contributed by atoms with E-state index in [0.29, 0.717) is 0 Å². The van der Waals surface area contributed by atoms with Crippen LogP contribution in [0.25, 0.3) is 0 Å². The highest BCUT2D eigenvalue weighted by Gasteiger charge is 2.19. The number of aliphatic hydroxyl groups is 3. The number of hydrogen-bond acceptors (Lipinski definition) is 6. The summed E-state index contributed by atoms with van der Waals surface area (Å²) in [6.45, 7) is -0.319. The van der Waals surface area contributed by atoms with Gasteiger partial charge in [0.15, 0.2) is 17.9 Å². The van der Waals surface area contributed by atoms with Crippen LogP contribution >= 0.6 is 0 Å². The van der Waals surface area contributed by atoms with Gasteiger partial charge in [-0.3, -0.25) is 10.2 Å². The Labute approximate surface area is 97.7 Å². The molecule has 0 saturated carbocycles. The van der Waals surface area contributed by atoms with Crippen LogP contribution in [0.3, 0.4) is 0 Å². The molecule has 1 unspecified atom stereocenters. The minimum absolute atomic E-state index is 0.0645. The van der Waals surface area contributed by atoms with E-state index in [1.807, 2.05) is 0 Å². The highest BCUT2D eigenvalue weighted by Crippen LogP contribution is 2.07. The number of carbonyl (C=O) groups excluding carboxylic acids is 1. The van der Waals surface area contributed by atoms with Crippen molar-refractivity contribution >= 4 is 12.2 Å². The summed E-state index contributed by atoms with van der Waals surface area (Å²) < 4.78 is 13.2. The summed E-state index contributed by atoms with van der Waals surface area (Å²) >= 11 is 0. The molecule has 5 N–H and O–H groups in total. The third-order valence-electron chi connectivity index (χ3n) is 1.95. The Bertz CT molecular complexity index is 298. The second-order valence-electron chi connectivity index (χ2n) is 3.27. The van der Waals surface area contributed by atoms with Gasteiger partial charge >= 0.3 is 0 Å². The number of hydrogen-bond donors (Lipinski definition) is 5. The van der Waals surface area contributed by atoms with Crippen LogP contribution in [0.5, 0.6) is 0 Å². The summed E-state index contributed by atoms with van der Waals surface area (Å²) in [5.41, 5.74) is 0. The monoisotopic (exact) mass is 249 g/mol. The van der Waals surface area contributed by atoms with Gasteiger partial charge in [-0.05, 0) is 0 Å². The molecule has 0 radical (unpaired) electrons. The molecule has 7 nitrogen and oxygen atoms in total. The molecule has 0 aromatic rings. The van der Waals surface area contributed by atoms with Crippen molar-refractivity contribution in [2.75, 3.05) is 13.7 Å². The van der Waals surface area contributed by atoms with Crippen molar-refractivity contribution in [1.82, 2.24) is 10.2 Å². The average Bonchev–Trinajstić information content (AvgIpc) is 2.28. The van der Waals surface area contributed by atoms with Gasteiger partial charge in [-0.15, -0.1) is 0 Å². The average molecular weight is 249 g/mol. The minimum atomic E-state index is -1.42. The quantitative estimate of drug-likeness (QED) is 0.163. The molecule has 0 fully saturated rings. The zero-order valence-corrected chi connectivity index (χ0v) is 9.30. The summed E-state index contributed by atoms with van der Waals surface area (Å²) in [5, 5.41) is 36.1. The van der Waals surface area contributed by atoms with E-state index in [9.17, 15) is 19.4 Å². The molecule has 0 aromatic carbocycles. The third kappa shape index (κ3) is 5.38. The molecule has 0 bridgehead atoms. The number of amidine groups is 1. The molecule has 0 aliphatic heterocycles. The van der Waals surface area contributed by atoms with Gasteiger partial charge in [0.25, 0.3) is 0 Å². The zero-order chi connectivity index (χ0) is 13.4. The van der Waals surface area contributed by atoms with Crippen molar-refractivity contribution < 1.29 is 24.5 Å². The Balaban J connectivity index is 4.49. The standard InChI is InChI=1S/C9H16FN3O4/c1-13(9(17)7(16)2-3-14)4-6(10)8(11)12-5-15/h4-5,7,9,14,16-17H,2-3H2,1H3,(H2,11,12,15)/b6-4+/t7-,9?/m0/s1. The number of rotatable bonds is 7. The van der Waals surface area contributed by atoms with Crippen LogP contribution in [-0.4, -0.2) is 58.5 Å². The molecule has 2 atom stereocenters. The Morgan fingerprint density at radius 2 is 2.18 bits per heavy atom. The summed E-state index contributed by atoms with van der Waals surface area (Å²) in [6.07, 6.45) is -1.83. The van der Waals surface area contributed by atoms with E-state index in [-0.39, 0.29) is 19.4 Å². The smallest absolute Gasteiger partial charge is 0.212 e. The van der Waals surface area contributed by atoms with E-state index < -0.39 is 24.0 Å². The molecule has 0 aromatic heterocycles. The topological polar surface area (TPSA) is 117 Å². The first-order chi connectivity index (χ1) is 7.93. The molecule has 0 aliphatic rings. The van der Waals surface area contributed by atoms with Crippen molar-refractivity contribution in [2.24, 2.45) is 0 Å². The second-order valence-corrected chi connectivity index (χ2v) is 3.27. The molecule has 0 spiro atoms. The van der Waals surface area contributed by atoms with Crippen LogP contribution in [0.4, 0.5) is 4.39 Å². The van der Waals surface area contributed by atoms with E-state index in [2.05, 4.69) is 0 Å². The molecule has 98 valence electrons. The molecule has 0 heterocycles. The van der Waals surface area contributed by atoms with Crippen LogP contribution in [0.15, 0.2) is 12.0 Å². The molecular formula is C9H16FN3O4. The van der Waals surface area contributed by atoms with Crippen molar-refractivity contribution in [2.45, 2.75) is 18.8 Å². The summed E-state index contributed by atoms with van der Waals surface area (Å²) in [4.78, 5) is 10.9. The third-order valence-corrected chi connectivity index (χ3v) is 1.95. The van der Waals surface area contributed by atoms with Crippen LogP contribution in [0.1, 0.15) is 6.42 Å². The SMILES string of the molecule is CN(/C=C(/F)C(=N)NC=O)C(O)[C@@H](O)CCO. The number of nitrogens with one attached hydrogen (secondary N) is 2. The minimum Gasteiger partial charge on any atom is -0.396 e. The fraction of sp³-hybridized carbons (Fsp3) is 0.556. The number of carbonyl (C=O) groups is 1. The van der Waals surface area contributed by atoms with Crippen LogP contribution in [0.2, 0.25) is 0 Å². The van der Waals surface area contributed by atoms with Crippen LogP contribution in [0, 0.1) is 5.41 Å². The first kappa shape index (κ1) is 15.5. The lowest BCUT2D eigenvalue weighted by Crippen LogP contribution is -2.39. The summed E-state index contributed by atoms with van der Waals surface area (Å²) in [5.74, 6) is -1.83. The van der Waals surface area contributed by atoms with Crippen molar-refractivity contribution in [3.05, 3.63) is 12.0 Å². The first-order valence-corrected chi connectivity index (χ1v) is 4.79. The number of aliphatic hydroxyl groups excluding tert-OH is 3. The highest BCUT2D eigenvalue weighted by molar-refractivity contribution is 5.99. The van der Waals surface area contributed by atoms with Gasteiger partial charge in [0, 0.05) is 26.3 Å². The Kier molecular flexibility index (Phi) is 7.03. The highest BCUT2D eigenvalue weighted by atomic mass is 19.1. The molecule has 0 rings (SSSR count). The van der Waals surface area contributed by atoms with E-state index >= 15 is 0 Å². The van der Waals surface area contributed by atoms with Crippen molar-refractivity contribution in [1.29, 1.82) is 5.41 Å². The first-order valence-electron chi connectivity index (χ1n) is 4.79. The summed E-state index contributed by atoms with van der Waals surface area (Å²) in [7, 11) is 1.28. The lowest BCUT2D eigenvalue weighted by atomic mass is 10.2. The number of halogens is 1. The fourth-order valence-corrected chi connectivity index (χ4v) is 1.00. The maximum Gasteiger partial charge on any atom is 0.212 e. The van der Waals surface area contributed by atoms with Gasteiger partial charge in [0.05, 0.1) is 0 Å². The van der Waals surface area contributed by atoms with E-state index in [4.69, 9.17) is 10.5 Å². The molecule has 1 amide bonds. The molecule has 17 heavy (non-hydrogen) atoms. The Morgan fingerprint density at radius 3 is 2.65 bits per heavy atom. The molecular weight excluding hydrogens is 233 g/mol. The molecule has 0 saturated heterocycles. The van der Waals surface area contributed by atoms with Gasteiger partial charge in [0.1, 0.15) is 6.10 Å². The van der Waals surface area contributed by atoms with Gasteiger partial charge in [0.2, 0.25) is 6.41 Å². The predicted octanol–water partition coefficient (Wildman–Crippen LogP) is -1.49. The number of likely N-dealkylation sites (N-methyl/N-ethyl adjacent to an activating group) is 1. The predicted molar refractivity (Wildman–Crippen MR) is 57.6 cm³/mol. The number of nitrogens with zero attached hydrogens (tertiary/aromatic N) is 1. The maximum atomic E-state index is 13.2. The van der Waals surface area contributed by atoms with Gasteiger partial charge in [-0.25, -0.2) is 4.39 Å². The lowest BCUT2D eigenvalue weighted by molar-refractivity contribution is -0.108. The van der Waals surface area contributed by atoms with E-state index in [0.717, 1.165) is 11.1 Å². The normalized spacial score (nSPS) is 15.0. The number of amides is 1. The largest absolute Gasteiger partial charge is 0.396 e. The van der Waals surface area contributed by atoms with Crippen molar-refractivity contribution in [3.8, 4) is 0 Å². The molecule has 8 heteroatoms. The lowest BCUT2D eigenvalue weighted by Gasteiger charge is -2.25. The fourth-order valence-electron chi connectivity index (χ4n) is 1.00. The van der Waals surface area contributed by atoms with E-state index in [1.54, 1.807) is 5.32 Å². The van der Waals surface area contributed by atoms with Crippen molar-refractivity contribution in [3.63, 3.8) is 0 Å². The molecule has 0 aliphatic carbocycles. The second kappa shape index (κ2) is 7.71. The summed E-state index contributed by atoms with van der Waals surface area (Å²) in [6, 6.07) is 0. The van der Waals surface area contributed by atoms with Crippen LogP contribution < -0.4 is 5.32 Å². The van der Waals surface area contributed by atoms with Gasteiger partial charge < -0.3 is 25.5 Å². The van der Waals surface area contributed by atoms with Gasteiger partial charge in [-0.1, -0.05) is 0 Å².